The van der Waals surface area contributed by atoms with E-state index in [9.17, 15) is 9.90 Å². The molecular formula is C15H20ClNO2. The Labute approximate surface area is 119 Å². The second kappa shape index (κ2) is 6.40. The van der Waals surface area contributed by atoms with E-state index in [4.69, 9.17) is 11.6 Å². The Kier molecular flexibility index (Phi) is 4.83. The van der Waals surface area contributed by atoms with Crippen molar-refractivity contribution < 1.29 is 9.90 Å². The maximum absolute atomic E-state index is 11.8. The maximum Gasteiger partial charge on any atom is 0.224 e. The molecule has 0 bridgehead atoms. The molecule has 4 heteroatoms. The quantitative estimate of drug-likeness (QED) is 0.891. The minimum atomic E-state index is -0.706. The Morgan fingerprint density at radius 1 is 1.32 bits per heavy atom. The lowest BCUT2D eigenvalue weighted by atomic mass is 9.85. The van der Waals surface area contributed by atoms with Gasteiger partial charge in [-0.2, -0.15) is 0 Å². The fraction of sp³-hybridized carbons (Fsp3) is 0.533. The Bertz CT molecular complexity index is 442. The summed E-state index contributed by atoms with van der Waals surface area (Å²) >= 11 is 5.88. The summed E-state index contributed by atoms with van der Waals surface area (Å²) in [6.07, 6.45) is 5.13. The van der Waals surface area contributed by atoms with Crippen LogP contribution in [0.15, 0.2) is 24.3 Å². The molecule has 3 nitrogen and oxygen atoms in total. The van der Waals surface area contributed by atoms with E-state index in [1.54, 1.807) is 12.1 Å². The van der Waals surface area contributed by atoms with Crippen LogP contribution in [-0.4, -0.2) is 23.2 Å². The number of nitrogens with one attached hydrogen (secondary N) is 1. The molecule has 1 aliphatic carbocycles. The molecule has 1 amide bonds. The standard InChI is InChI=1S/C15H20ClNO2/c16-13-6-4-5-12(9-13)10-14(18)17-11-15(19)7-2-1-3-8-15/h4-6,9,19H,1-3,7-8,10-11H2,(H,17,18). The number of hydrogen-bond acceptors (Lipinski definition) is 2. The summed E-state index contributed by atoms with van der Waals surface area (Å²) in [6.45, 7) is 0.354. The largest absolute Gasteiger partial charge is 0.388 e. The topological polar surface area (TPSA) is 49.3 Å². The SMILES string of the molecule is O=C(Cc1cccc(Cl)c1)NCC1(O)CCCCC1. The minimum Gasteiger partial charge on any atom is -0.388 e. The van der Waals surface area contributed by atoms with Crippen molar-refractivity contribution in [3.8, 4) is 0 Å². The van der Waals surface area contributed by atoms with Crippen LogP contribution in [0.2, 0.25) is 5.02 Å². The summed E-state index contributed by atoms with van der Waals surface area (Å²) in [5.74, 6) is -0.0683. The molecule has 1 aliphatic rings. The van der Waals surface area contributed by atoms with Crippen LogP contribution in [0.4, 0.5) is 0 Å². The zero-order chi connectivity index (χ0) is 13.7. The molecule has 1 fully saturated rings. The van der Waals surface area contributed by atoms with Crippen LogP contribution in [0.3, 0.4) is 0 Å². The molecule has 0 saturated heterocycles. The fourth-order valence-electron chi connectivity index (χ4n) is 2.54. The van der Waals surface area contributed by atoms with E-state index in [1.807, 2.05) is 12.1 Å². The van der Waals surface area contributed by atoms with Crippen molar-refractivity contribution in [2.24, 2.45) is 0 Å². The summed E-state index contributed by atoms with van der Waals surface area (Å²) in [6, 6.07) is 7.28. The molecule has 0 atom stereocenters. The Morgan fingerprint density at radius 3 is 2.74 bits per heavy atom. The van der Waals surface area contributed by atoms with E-state index in [2.05, 4.69) is 5.32 Å². The Balaban J connectivity index is 1.81. The molecule has 0 aromatic heterocycles. The number of benzene rings is 1. The molecule has 0 spiro atoms. The molecule has 2 rings (SSSR count). The molecular weight excluding hydrogens is 262 g/mol. The van der Waals surface area contributed by atoms with Gasteiger partial charge in [0.1, 0.15) is 0 Å². The zero-order valence-electron chi connectivity index (χ0n) is 11.0. The lowest BCUT2D eigenvalue weighted by Gasteiger charge is -2.32. The van der Waals surface area contributed by atoms with Crippen LogP contribution in [0, 0.1) is 0 Å². The van der Waals surface area contributed by atoms with Crippen molar-refractivity contribution in [2.45, 2.75) is 44.1 Å². The van der Waals surface area contributed by atoms with Crippen molar-refractivity contribution in [3.05, 3.63) is 34.9 Å². The van der Waals surface area contributed by atoms with Gasteiger partial charge in [-0.3, -0.25) is 4.79 Å². The lowest BCUT2D eigenvalue weighted by molar-refractivity contribution is -0.122. The molecule has 104 valence electrons. The number of aliphatic hydroxyl groups is 1. The summed E-state index contributed by atoms with van der Waals surface area (Å²) in [4.78, 5) is 11.8. The first-order valence-electron chi connectivity index (χ1n) is 6.81. The van der Waals surface area contributed by atoms with Gasteiger partial charge >= 0.3 is 0 Å². The number of hydrogen-bond donors (Lipinski definition) is 2. The third-order valence-corrected chi connectivity index (χ3v) is 3.89. The third kappa shape index (κ3) is 4.51. The van der Waals surface area contributed by atoms with Gasteiger partial charge in [0, 0.05) is 11.6 Å². The van der Waals surface area contributed by atoms with Crippen molar-refractivity contribution in [2.75, 3.05) is 6.54 Å². The van der Waals surface area contributed by atoms with E-state index >= 15 is 0 Å². The van der Waals surface area contributed by atoms with E-state index in [-0.39, 0.29) is 5.91 Å². The fourth-order valence-corrected chi connectivity index (χ4v) is 2.76. The van der Waals surface area contributed by atoms with Gasteiger partial charge in [0.15, 0.2) is 0 Å². The van der Waals surface area contributed by atoms with Gasteiger partial charge in [-0.05, 0) is 30.5 Å². The van der Waals surface area contributed by atoms with Gasteiger partial charge in [0.2, 0.25) is 5.91 Å². The van der Waals surface area contributed by atoms with Crippen LogP contribution in [0.25, 0.3) is 0 Å². The predicted molar refractivity (Wildman–Crippen MR) is 76.2 cm³/mol. The van der Waals surface area contributed by atoms with E-state index in [1.165, 1.54) is 6.42 Å². The molecule has 0 unspecified atom stereocenters. The molecule has 2 N–H and O–H groups in total. The van der Waals surface area contributed by atoms with E-state index in [0.29, 0.717) is 18.0 Å². The molecule has 1 aromatic rings. The van der Waals surface area contributed by atoms with Crippen molar-refractivity contribution in [1.82, 2.24) is 5.32 Å². The first-order chi connectivity index (χ1) is 9.07. The van der Waals surface area contributed by atoms with Gasteiger partial charge in [0.05, 0.1) is 12.0 Å². The summed E-state index contributed by atoms with van der Waals surface area (Å²) in [5.41, 5.74) is 0.183. The molecule has 0 radical (unpaired) electrons. The summed E-state index contributed by atoms with van der Waals surface area (Å²) < 4.78 is 0. The van der Waals surface area contributed by atoms with Crippen molar-refractivity contribution in [3.63, 3.8) is 0 Å². The van der Waals surface area contributed by atoms with Gasteiger partial charge in [-0.25, -0.2) is 0 Å². The van der Waals surface area contributed by atoms with Crippen molar-refractivity contribution in [1.29, 1.82) is 0 Å². The first kappa shape index (κ1) is 14.4. The van der Waals surface area contributed by atoms with Gasteiger partial charge in [-0.1, -0.05) is 43.0 Å². The number of carbonyl (C=O) groups is 1. The molecule has 0 aliphatic heterocycles. The van der Waals surface area contributed by atoms with E-state index < -0.39 is 5.60 Å². The van der Waals surface area contributed by atoms with Crippen LogP contribution < -0.4 is 5.32 Å². The lowest BCUT2D eigenvalue weighted by Crippen LogP contribution is -2.44. The Morgan fingerprint density at radius 2 is 2.05 bits per heavy atom. The second-order valence-electron chi connectivity index (χ2n) is 5.37. The van der Waals surface area contributed by atoms with Crippen LogP contribution >= 0.6 is 11.6 Å². The molecule has 1 aromatic carbocycles. The number of halogens is 1. The van der Waals surface area contributed by atoms with Gasteiger partial charge in [0.25, 0.3) is 0 Å². The highest BCUT2D eigenvalue weighted by Gasteiger charge is 2.29. The van der Waals surface area contributed by atoms with Crippen molar-refractivity contribution >= 4 is 17.5 Å². The average molecular weight is 282 g/mol. The second-order valence-corrected chi connectivity index (χ2v) is 5.80. The zero-order valence-corrected chi connectivity index (χ0v) is 11.7. The number of amides is 1. The molecule has 19 heavy (non-hydrogen) atoms. The van der Waals surface area contributed by atoms with Crippen LogP contribution in [-0.2, 0) is 11.2 Å². The highest BCUT2D eigenvalue weighted by Crippen LogP contribution is 2.27. The molecule has 1 saturated carbocycles. The monoisotopic (exact) mass is 281 g/mol. The van der Waals surface area contributed by atoms with E-state index in [0.717, 1.165) is 31.2 Å². The normalized spacial score (nSPS) is 18.0. The molecule has 0 heterocycles. The van der Waals surface area contributed by atoms with Crippen LogP contribution in [0.5, 0.6) is 0 Å². The highest BCUT2D eigenvalue weighted by atomic mass is 35.5. The van der Waals surface area contributed by atoms with Gasteiger partial charge in [-0.15, -0.1) is 0 Å². The Hall–Kier alpha value is -1.06. The first-order valence-corrected chi connectivity index (χ1v) is 7.19. The number of rotatable bonds is 4. The summed E-state index contributed by atoms with van der Waals surface area (Å²) in [7, 11) is 0. The van der Waals surface area contributed by atoms with Gasteiger partial charge < -0.3 is 10.4 Å². The summed E-state index contributed by atoms with van der Waals surface area (Å²) in [5, 5.41) is 13.8. The smallest absolute Gasteiger partial charge is 0.224 e. The number of carbonyl (C=O) groups excluding carboxylic acids is 1. The average Bonchev–Trinajstić information content (AvgIpc) is 2.38. The highest BCUT2D eigenvalue weighted by molar-refractivity contribution is 6.30. The third-order valence-electron chi connectivity index (χ3n) is 3.65. The van der Waals surface area contributed by atoms with Crippen LogP contribution in [0.1, 0.15) is 37.7 Å². The predicted octanol–water partition coefficient (Wildman–Crippen LogP) is 2.69. The minimum absolute atomic E-state index is 0.0683. The maximum atomic E-state index is 11.8.